The molecule has 4 aromatic rings. The lowest BCUT2D eigenvalue weighted by Gasteiger charge is -2.58. The van der Waals surface area contributed by atoms with Crippen LogP contribution >= 0.6 is 0 Å². The lowest BCUT2D eigenvalue weighted by atomic mass is 9.52. The Kier molecular flexibility index (Phi) is 6.58. The summed E-state index contributed by atoms with van der Waals surface area (Å²) in [5.74, 6) is 0.482. The van der Waals surface area contributed by atoms with E-state index >= 15 is 0 Å². The number of aryl methyl sites for hydroxylation is 1. The van der Waals surface area contributed by atoms with Crippen LogP contribution in [-0.4, -0.2) is 40.2 Å². The molecule has 11 heteroatoms. The highest BCUT2D eigenvalue weighted by molar-refractivity contribution is 5.96. The van der Waals surface area contributed by atoms with Crippen LogP contribution in [0.5, 0.6) is 0 Å². The molecule has 3 heterocycles. The Labute approximate surface area is 226 Å². The summed E-state index contributed by atoms with van der Waals surface area (Å²) >= 11 is 0. The molecule has 3 N–H and O–H groups in total. The lowest BCUT2D eigenvalue weighted by molar-refractivity contribution is -0.134. The largest absolute Gasteiger partial charge is 0.437 e. The number of carbonyl (C=O) groups is 1. The van der Waals surface area contributed by atoms with Crippen LogP contribution in [0.25, 0.3) is 33.6 Å². The molecule has 0 spiro atoms. The van der Waals surface area contributed by atoms with E-state index in [1.807, 2.05) is 0 Å². The fraction of sp³-hybridized carbons (Fsp3) is 0.345. The van der Waals surface area contributed by atoms with Crippen LogP contribution < -0.4 is 10.6 Å². The number of aliphatic hydroxyl groups excluding tert-OH is 1. The molecule has 3 aromatic heterocycles. The summed E-state index contributed by atoms with van der Waals surface area (Å²) < 4.78 is 59.3. The van der Waals surface area contributed by atoms with Gasteiger partial charge in [-0.2, -0.15) is 13.2 Å². The molecule has 208 valence electrons. The maximum Gasteiger partial charge on any atom is 0.389 e. The number of hydrogen-bond acceptors (Lipinski definition) is 6. The molecule has 1 amide bonds. The minimum absolute atomic E-state index is 0.0237. The number of furan rings is 1. The number of rotatable bonds is 8. The number of benzene rings is 1. The number of amides is 1. The van der Waals surface area contributed by atoms with E-state index in [1.165, 1.54) is 43.7 Å². The van der Waals surface area contributed by atoms with Gasteiger partial charge in [0.05, 0.1) is 16.8 Å². The molecular weight excluding hydrogens is 528 g/mol. The van der Waals surface area contributed by atoms with Crippen molar-refractivity contribution in [3.8, 4) is 22.5 Å². The van der Waals surface area contributed by atoms with E-state index in [0.717, 1.165) is 12.8 Å². The average molecular weight is 555 g/mol. The maximum absolute atomic E-state index is 13.6. The summed E-state index contributed by atoms with van der Waals surface area (Å²) in [5, 5.41) is 16.9. The zero-order valence-electron chi connectivity index (χ0n) is 21.4. The van der Waals surface area contributed by atoms with Gasteiger partial charge in [0.15, 0.2) is 0 Å². The molecule has 2 bridgehead atoms. The van der Waals surface area contributed by atoms with Gasteiger partial charge in [-0.1, -0.05) is 0 Å². The van der Waals surface area contributed by atoms with Crippen molar-refractivity contribution in [2.75, 3.05) is 7.05 Å². The van der Waals surface area contributed by atoms with Crippen molar-refractivity contribution in [2.24, 2.45) is 11.8 Å². The number of nitrogens with zero attached hydrogens (tertiary/aromatic N) is 2. The SMILES string of the molecule is CNC(O)c1c(-c2ccc(F)cc2)oc2nc(CCC(F)(F)F)c(-c3cncc(C(=O)NC4C5CC4C5)c3)cc12. The molecule has 0 saturated heterocycles. The lowest BCUT2D eigenvalue weighted by Crippen LogP contribution is -2.63. The third-order valence-corrected chi connectivity index (χ3v) is 7.93. The third kappa shape index (κ3) is 4.84. The number of aromatic nitrogens is 2. The normalized spacial score (nSPS) is 20.6. The van der Waals surface area contributed by atoms with Crippen molar-refractivity contribution in [1.29, 1.82) is 0 Å². The molecule has 40 heavy (non-hydrogen) atoms. The predicted molar refractivity (Wildman–Crippen MR) is 138 cm³/mol. The smallest absolute Gasteiger partial charge is 0.389 e. The highest BCUT2D eigenvalue weighted by atomic mass is 19.4. The van der Waals surface area contributed by atoms with Gasteiger partial charge in [0, 0.05) is 46.9 Å². The van der Waals surface area contributed by atoms with Crippen LogP contribution in [0.2, 0.25) is 0 Å². The Morgan fingerprint density at radius 1 is 1.12 bits per heavy atom. The van der Waals surface area contributed by atoms with Gasteiger partial charge >= 0.3 is 6.18 Å². The van der Waals surface area contributed by atoms with Crippen molar-refractivity contribution in [3.63, 3.8) is 0 Å². The number of aliphatic hydroxyl groups is 1. The van der Waals surface area contributed by atoms with Gasteiger partial charge in [-0.05, 0) is 74.5 Å². The third-order valence-electron chi connectivity index (χ3n) is 7.93. The second-order valence-corrected chi connectivity index (χ2v) is 10.4. The Morgan fingerprint density at radius 2 is 1.85 bits per heavy atom. The molecule has 0 radical (unpaired) electrons. The Bertz CT molecular complexity index is 1570. The Balaban J connectivity index is 1.46. The first kappa shape index (κ1) is 26.4. The zero-order valence-corrected chi connectivity index (χ0v) is 21.4. The Morgan fingerprint density at radius 3 is 2.48 bits per heavy atom. The molecule has 1 atom stereocenters. The van der Waals surface area contributed by atoms with Crippen molar-refractivity contribution in [2.45, 2.75) is 44.1 Å². The number of hydrogen-bond donors (Lipinski definition) is 3. The van der Waals surface area contributed by atoms with Gasteiger partial charge < -0.3 is 14.8 Å². The quantitative estimate of drug-likeness (QED) is 0.195. The van der Waals surface area contributed by atoms with E-state index in [9.17, 15) is 27.5 Å². The van der Waals surface area contributed by atoms with E-state index in [1.54, 1.807) is 12.1 Å². The van der Waals surface area contributed by atoms with Gasteiger partial charge in [-0.15, -0.1) is 0 Å². The standard InChI is InChI=1S/C29H26F4N4O3/c1-34-27(39)23-21-11-20(17-10-18(13-35-12-17)26(38)37-24-15-8-16(24)9-15)22(6-7-29(31,32)33)36-28(21)40-25(23)14-2-4-19(30)5-3-14/h2-5,10-13,15-16,24,27,34,39H,6-9H2,1H3,(H,37,38). The van der Waals surface area contributed by atoms with Crippen LogP contribution in [0.4, 0.5) is 17.6 Å². The predicted octanol–water partition coefficient (Wildman–Crippen LogP) is 5.54. The van der Waals surface area contributed by atoms with E-state index < -0.39 is 31.1 Å². The van der Waals surface area contributed by atoms with Crippen molar-refractivity contribution >= 4 is 17.0 Å². The van der Waals surface area contributed by atoms with Gasteiger partial charge in [-0.25, -0.2) is 9.37 Å². The summed E-state index contributed by atoms with van der Waals surface area (Å²) in [6.07, 6.45) is -2.06. The number of alkyl halides is 3. The molecule has 3 aliphatic carbocycles. The summed E-state index contributed by atoms with van der Waals surface area (Å²) in [6, 6.07) is 8.77. The molecule has 7 rings (SSSR count). The summed E-state index contributed by atoms with van der Waals surface area (Å²) in [7, 11) is 1.53. The highest BCUT2D eigenvalue weighted by Gasteiger charge is 2.53. The number of fused-ring (bicyclic) bond motifs is 1. The minimum Gasteiger partial charge on any atom is -0.437 e. The fourth-order valence-electron chi connectivity index (χ4n) is 5.48. The number of halogens is 4. The number of nitrogens with one attached hydrogen (secondary N) is 2. The van der Waals surface area contributed by atoms with E-state index in [4.69, 9.17) is 4.42 Å². The molecule has 3 fully saturated rings. The first-order chi connectivity index (χ1) is 19.1. The van der Waals surface area contributed by atoms with Crippen LogP contribution in [-0.2, 0) is 6.42 Å². The van der Waals surface area contributed by atoms with E-state index in [-0.39, 0.29) is 29.1 Å². The molecule has 1 aromatic carbocycles. The zero-order chi connectivity index (χ0) is 28.2. The molecular formula is C29H26F4N4O3. The molecule has 7 nitrogen and oxygen atoms in total. The molecule has 3 aliphatic rings. The highest BCUT2D eigenvalue weighted by Crippen LogP contribution is 2.53. The maximum atomic E-state index is 13.6. The summed E-state index contributed by atoms with van der Waals surface area (Å²) in [6.45, 7) is 0. The second kappa shape index (κ2) is 9.97. The van der Waals surface area contributed by atoms with Gasteiger partial charge in [0.25, 0.3) is 5.91 Å². The van der Waals surface area contributed by atoms with Gasteiger partial charge in [-0.3, -0.25) is 15.1 Å². The molecule has 0 aliphatic heterocycles. The molecule has 3 saturated carbocycles. The van der Waals surface area contributed by atoms with Crippen LogP contribution in [0.1, 0.15) is 47.1 Å². The molecule has 1 unspecified atom stereocenters. The van der Waals surface area contributed by atoms with E-state index in [2.05, 4.69) is 20.6 Å². The van der Waals surface area contributed by atoms with Crippen LogP contribution in [0.3, 0.4) is 0 Å². The average Bonchev–Trinajstić information content (AvgIpc) is 3.26. The van der Waals surface area contributed by atoms with E-state index in [0.29, 0.717) is 45.0 Å². The number of carbonyl (C=O) groups excluding carboxylic acids is 1. The monoisotopic (exact) mass is 554 g/mol. The van der Waals surface area contributed by atoms with Gasteiger partial charge in [0.2, 0.25) is 5.71 Å². The first-order valence-corrected chi connectivity index (χ1v) is 13.0. The van der Waals surface area contributed by atoms with Crippen molar-refractivity contribution in [3.05, 3.63) is 71.4 Å². The van der Waals surface area contributed by atoms with Crippen molar-refractivity contribution < 1.29 is 31.9 Å². The second-order valence-electron chi connectivity index (χ2n) is 10.4. The summed E-state index contributed by atoms with van der Waals surface area (Å²) in [4.78, 5) is 21.6. The fourth-order valence-corrected chi connectivity index (χ4v) is 5.48. The van der Waals surface area contributed by atoms with Gasteiger partial charge in [0.1, 0.15) is 17.8 Å². The van der Waals surface area contributed by atoms with Crippen molar-refractivity contribution in [1.82, 2.24) is 20.6 Å². The number of pyridine rings is 2. The van der Waals surface area contributed by atoms with Crippen LogP contribution in [0, 0.1) is 17.7 Å². The Hall–Kier alpha value is -3.83. The summed E-state index contributed by atoms with van der Waals surface area (Å²) in [5.41, 5.74) is 1.92. The minimum atomic E-state index is -4.42. The first-order valence-electron chi connectivity index (χ1n) is 13.0. The van der Waals surface area contributed by atoms with Crippen LogP contribution in [0.15, 0.2) is 53.2 Å². The topological polar surface area (TPSA) is 100 Å².